The van der Waals surface area contributed by atoms with Gasteiger partial charge in [0.05, 0.1) is 6.04 Å². The van der Waals surface area contributed by atoms with Gasteiger partial charge in [-0.2, -0.15) is 0 Å². The van der Waals surface area contributed by atoms with Gasteiger partial charge >= 0.3 is 6.09 Å². The first-order valence-electron chi connectivity index (χ1n) is 8.13. The number of likely N-dealkylation sites (tertiary alicyclic amines) is 1. The topological polar surface area (TPSA) is 29.5 Å². The molecule has 0 bridgehead atoms. The van der Waals surface area contributed by atoms with Crippen LogP contribution in [0, 0.1) is 5.82 Å². The van der Waals surface area contributed by atoms with Crippen molar-refractivity contribution < 1.29 is 13.9 Å². The van der Waals surface area contributed by atoms with Crippen molar-refractivity contribution in [3.63, 3.8) is 0 Å². The van der Waals surface area contributed by atoms with Gasteiger partial charge in [0.2, 0.25) is 0 Å². The van der Waals surface area contributed by atoms with Crippen molar-refractivity contribution in [2.75, 3.05) is 6.54 Å². The van der Waals surface area contributed by atoms with Crippen molar-refractivity contribution in [3.05, 3.63) is 77.6 Å². The zero-order valence-corrected chi connectivity index (χ0v) is 13.4. The summed E-state index contributed by atoms with van der Waals surface area (Å²) in [6, 6.07) is 16.0. The standard InChI is InChI=1S/C20H20FNO2/c21-18-11-8-16(9-12-18)10-13-19-7-4-14-22(19)20(23)24-15-17-5-2-1-3-6-17/h1-3,5-6,8-13,19H,4,7,14-15H2/b13-10+. The molecule has 1 aliphatic rings. The fourth-order valence-corrected chi connectivity index (χ4v) is 2.82. The van der Waals surface area contributed by atoms with Crippen molar-refractivity contribution in [2.45, 2.75) is 25.5 Å². The Morgan fingerprint density at radius 2 is 1.92 bits per heavy atom. The van der Waals surface area contributed by atoms with Crippen LogP contribution >= 0.6 is 0 Å². The van der Waals surface area contributed by atoms with E-state index in [1.54, 1.807) is 17.0 Å². The van der Waals surface area contributed by atoms with Crippen LogP contribution < -0.4 is 0 Å². The second kappa shape index (κ2) is 7.77. The minimum atomic E-state index is -0.287. The van der Waals surface area contributed by atoms with Crippen molar-refractivity contribution in [1.82, 2.24) is 4.90 Å². The molecule has 1 unspecified atom stereocenters. The van der Waals surface area contributed by atoms with E-state index in [0.29, 0.717) is 6.54 Å². The summed E-state index contributed by atoms with van der Waals surface area (Å²) in [5.41, 5.74) is 1.89. The van der Waals surface area contributed by atoms with Crippen LogP contribution in [0.4, 0.5) is 9.18 Å². The number of ether oxygens (including phenoxy) is 1. The summed E-state index contributed by atoms with van der Waals surface area (Å²) < 4.78 is 18.3. The summed E-state index contributed by atoms with van der Waals surface area (Å²) in [4.78, 5) is 14.1. The zero-order valence-electron chi connectivity index (χ0n) is 13.4. The van der Waals surface area contributed by atoms with Gasteiger partial charge in [0, 0.05) is 6.54 Å². The molecule has 1 fully saturated rings. The highest BCUT2D eigenvalue weighted by molar-refractivity contribution is 5.69. The monoisotopic (exact) mass is 325 g/mol. The third-order valence-corrected chi connectivity index (χ3v) is 4.12. The summed E-state index contributed by atoms with van der Waals surface area (Å²) in [6.45, 7) is 0.983. The van der Waals surface area contributed by atoms with E-state index < -0.39 is 0 Å². The minimum absolute atomic E-state index is 0.0262. The van der Waals surface area contributed by atoms with Crippen LogP contribution in [0.25, 0.3) is 6.08 Å². The Bertz CT molecular complexity index is 697. The van der Waals surface area contributed by atoms with Crippen LogP contribution in [0.1, 0.15) is 24.0 Å². The van der Waals surface area contributed by atoms with Gasteiger partial charge in [0.1, 0.15) is 12.4 Å². The fraction of sp³-hybridized carbons (Fsp3) is 0.250. The van der Waals surface area contributed by atoms with E-state index in [-0.39, 0.29) is 24.6 Å². The Hall–Kier alpha value is -2.62. The lowest BCUT2D eigenvalue weighted by Crippen LogP contribution is -2.34. The molecule has 1 aliphatic heterocycles. The van der Waals surface area contributed by atoms with Crippen LogP contribution in [0.2, 0.25) is 0 Å². The minimum Gasteiger partial charge on any atom is -0.445 e. The lowest BCUT2D eigenvalue weighted by molar-refractivity contribution is 0.0976. The molecular formula is C20H20FNO2. The molecule has 0 spiro atoms. The quantitative estimate of drug-likeness (QED) is 0.819. The SMILES string of the molecule is O=C(OCc1ccccc1)N1CCCC1/C=C/c1ccc(F)cc1. The van der Waals surface area contributed by atoms with Crippen LogP contribution in [-0.4, -0.2) is 23.6 Å². The summed E-state index contributed by atoms with van der Waals surface area (Å²) in [6.07, 6.45) is 5.50. The Balaban J connectivity index is 1.58. The number of rotatable bonds is 4. The molecule has 3 rings (SSSR count). The maximum Gasteiger partial charge on any atom is 0.410 e. The zero-order chi connectivity index (χ0) is 16.8. The predicted molar refractivity (Wildman–Crippen MR) is 91.8 cm³/mol. The maximum atomic E-state index is 12.9. The van der Waals surface area contributed by atoms with Gasteiger partial charge in [-0.1, -0.05) is 54.6 Å². The van der Waals surface area contributed by atoms with E-state index in [1.807, 2.05) is 42.5 Å². The third kappa shape index (κ3) is 4.22. The van der Waals surface area contributed by atoms with Crippen LogP contribution in [0.3, 0.4) is 0 Å². The number of benzene rings is 2. The maximum absolute atomic E-state index is 12.9. The molecule has 2 aromatic rings. The molecule has 24 heavy (non-hydrogen) atoms. The summed E-state index contributed by atoms with van der Waals surface area (Å²) in [5.74, 6) is -0.251. The van der Waals surface area contributed by atoms with Gasteiger partial charge in [-0.3, -0.25) is 0 Å². The molecule has 2 aromatic carbocycles. The van der Waals surface area contributed by atoms with Gasteiger partial charge in [-0.05, 0) is 36.1 Å². The predicted octanol–water partition coefficient (Wildman–Crippen LogP) is 4.64. The van der Waals surface area contributed by atoms with Crippen molar-refractivity contribution in [3.8, 4) is 0 Å². The van der Waals surface area contributed by atoms with Gasteiger partial charge in [-0.25, -0.2) is 9.18 Å². The third-order valence-electron chi connectivity index (χ3n) is 4.12. The first-order chi connectivity index (χ1) is 11.7. The van der Waals surface area contributed by atoms with Crippen molar-refractivity contribution >= 4 is 12.2 Å². The summed E-state index contributed by atoms with van der Waals surface area (Å²) >= 11 is 0. The van der Waals surface area contributed by atoms with E-state index in [1.165, 1.54) is 12.1 Å². The smallest absolute Gasteiger partial charge is 0.410 e. The molecule has 0 radical (unpaired) electrons. The van der Waals surface area contributed by atoms with Gasteiger partial charge in [0.15, 0.2) is 0 Å². The first-order valence-corrected chi connectivity index (χ1v) is 8.13. The number of nitrogens with zero attached hydrogens (tertiary/aromatic N) is 1. The van der Waals surface area contributed by atoms with Crippen LogP contribution in [0.5, 0.6) is 0 Å². The number of carbonyl (C=O) groups is 1. The molecule has 0 aliphatic carbocycles. The molecule has 3 nitrogen and oxygen atoms in total. The molecular weight excluding hydrogens is 305 g/mol. The number of hydrogen-bond donors (Lipinski definition) is 0. The molecule has 1 saturated heterocycles. The summed E-state index contributed by atoms with van der Waals surface area (Å²) in [7, 11) is 0. The highest BCUT2D eigenvalue weighted by atomic mass is 19.1. The van der Waals surface area contributed by atoms with E-state index in [4.69, 9.17) is 4.74 Å². The van der Waals surface area contributed by atoms with Crippen LogP contribution in [-0.2, 0) is 11.3 Å². The van der Waals surface area contributed by atoms with Gasteiger partial charge in [-0.15, -0.1) is 0 Å². The summed E-state index contributed by atoms with van der Waals surface area (Å²) in [5, 5.41) is 0. The second-order valence-corrected chi connectivity index (χ2v) is 5.85. The Kier molecular flexibility index (Phi) is 5.26. The Labute approximate surface area is 141 Å². The number of amides is 1. The number of halogens is 1. The molecule has 1 amide bonds. The van der Waals surface area contributed by atoms with Gasteiger partial charge in [0.25, 0.3) is 0 Å². The molecule has 0 aromatic heterocycles. The van der Waals surface area contributed by atoms with E-state index in [0.717, 1.165) is 24.0 Å². The Morgan fingerprint density at radius 1 is 1.17 bits per heavy atom. The average Bonchev–Trinajstić information content (AvgIpc) is 3.09. The highest BCUT2D eigenvalue weighted by Crippen LogP contribution is 2.21. The lowest BCUT2D eigenvalue weighted by Gasteiger charge is -2.21. The molecule has 124 valence electrons. The molecule has 1 atom stereocenters. The molecule has 4 heteroatoms. The number of hydrogen-bond acceptors (Lipinski definition) is 2. The lowest BCUT2D eigenvalue weighted by atomic mass is 10.1. The molecule has 1 heterocycles. The largest absolute Gasteiger partial charge is 0.445 e. The van der Waals surface area contributed by atoms with Crippen LogP contribution in [0.15, 0.2) is 60.7 Å². The van der Waals surface area contributed by atoms with E-state index in [2.05, 4.69) is 0 Å². The molecule has 0 N–H and O–H groups in total. The average molecular weight is 325 g/mol. The van der Waals surface area contributed by atoms with Crippen molar-refractivity contribution in [1.29, 1.82) is 0 Å². The number of carbonyl (C=O) groups excluding carboxylic acids is 1. The normalized spacial score (nSPS) is 17.4. The van der Waals surface area contributed by atoms with E-state index >= 15 is 0 Å². The Morgan fingerprint density at radius 3 is 2.67 bits per heavy atom. The van der Waals surface area contributed by atoms with Gasteiger partial charge < -0.3 is 9.64 Å². The highest BCUT2D eigenvalue weighted by Gasteiger charge is 2.27. The van der Waals surface area contributed by atoms with Crippen molar-refractivity contribution in [2.24, 2.45) is 0 Å². The fourth-order valence-electron chi connectivity index (χ4n) is 2.82. The van der Waals surface area contributed by atoms with E-state index in [9.17, 15) is 9.18 Å². The second-order valence-electron chi connectivity index (χ2n) is 5.85. The first kappa shape index (κ1) is 16.2. The molecule has 0 saturated carbocycles.